The van der Waals surface area contributed by atoms with Crippen LogP contribution in [0.25, 0.3) is 0 Å². The summed E-state index contributed by atoms with van der Waals surface area (Å²) in [7, 11) is 0. The lowest BCUT2D eigenvalue weighted by Crippen LogP contribution is -2.28. The molecule has 0 aromatic heterocycles. The van der Waals surface area contributed by atoms with Gasteiger partial charge in [0.1, 0.15) is 5.82 Å². The Morgan fingerprint density at radius 3 is 2.81 bits per heavy atom. The van der Waals surface area contributed by atoms with Crippen molar-refractivity contribution in [3.63, 3.8) is 0 Å². The molecule has 2 N–H and O–H groups in total. The number of halogens is 1. The Balaban J connectivity index is 1.67. The van der Waals surface area contributed by atoms with E-state index in [0.717, 1.165) is 31.2 Å². The topological polar surface area (TPSA) is 24.1 Å². The van der Waals surface area contributed by atoms with E-state index in [1.165, 1.54) is 24.5 Å². The third-order valence-corrected chi connectivity index (χ3v) is 2.93. The molecule has 0 unspecified atom stereocenters. The van der Waals surface area contributed by atoms with E-state index in [1.54, 1.807) is 6.07 Å². The average molecular weight is 222 g/mol. The summed E-state index contributed by atoms with van der Waals surface area (Å²) in [5, 5.41) is 6.80. The third kappa shape index (κ3) is 3.58. The highest BCUT2D eigenvalue weighted by Gasteiger charge is 2.19. The molecular formula is C13H19FN2. The molecular weight excluding hydrogens is 203 g/mol. The predicted molar refractivity (Wildman–Crippen MR) is 63.9 cm³/mol. The third-order valence-electron chi connectivity index (χ3n) is 2.93. The summed E-state index contributed by atoms with van der Waals surface area (Å²) in [4.78, 5) is 0. The number of aryl methyl sites for hydroxylation is 1. The smallest absolute Gasteiger partial charge is 0.123 e. The molecule has 1 aromatic carbocycles. The van der Waals surface area contributed by atoms with Crippen molar-refractivity contribution in [1.82, 2.24) is 10.6 Å². The molecule has 1 saturated carbocycles. The molecule has 0 bridgehead atoms. The molecule has 16 heavy (non-hydrogen) atoms. The second-order valence-electron chi connectivity index (χ2n) is 4.48. The van der Waals surface area contributed by atoms with Crippen LogP contribution in [0.2, 0.25) is 0 Å². The molecule has 0 heterocycles. The summed E-state index contributed by atoms with van der Waals surface area (Å²) in [6.45, 7) is 4.75. The van der Waals surface area contributed by atoms with E-state index in [4.69, 9.17) is 0 Å². The standard InChI is InChI=1S/C13H19FN2/c1-10-8-12(14)3-2-11(10)9-15-6-7-16-13-4-5-13/h2-3,8,13,15-16H,4-7,9H2,1H3. The fourth-order valence-electron chi connectivity index (χ4n) is 1.73. The maximum Gasteiger partial charge on any atom is 0.123 e. The Bertz CT molecular complexity index is 348. The van der Waals surface area contributed by atoms with Gasteiger partial charge in [0.25, 0.3) is 0 Å². The minimum atomic E-state index is -0.156. The Kier molecular flexibility index (Phi) is 3.91. The number of nitrogens with one attached hydrogen (secondary N) is 2. The van der Waals surface area contributed by atoms with Gasteiger partial charge in [-0.1, -0.05) is 6.07 Å². The van der Waals surface area contributed by atoms with Crippen LogP contribution in [0.5, 0.6) is 0 Å². The van der Waals surface area contributed by atoms with Gasteiger partial charge in [0.15, 0.2) is 0 Å². The van der Waals surface area contributed by atoms with Gasteiger partial charge in [0.05, 0.1) is 0 Å². The van der Waals surface area contributed by atoms with Gasteiger partial charge in [0.2, 0.25) is 0 Å². The molecule has 3 heteroatoms. The minimum absolute atomic E-state index is 0.156. The maximum absolute atomic E-state index is 12.9. The second kappa shape index (κ2) is 5.41. The first-order valence-electron chi connectivity index (χ1n) is 5.95. The summed E-state index contributed by atoms with van der Waals surface area (Å²) in [6, 6.07) is 5.73. The summed E-state index contributed by atoms with van der Waals surface area (Å²) in [5.41, 5.74) is 2.19. The fraction of sp³-hybridized carbons (Fsp3) is 0.538. The minimum Gasteiger partial charge on any atom is -0.313 e. The van der Waals surface area contributed by atoms with Gasteiger partial charge in [0, 0.05) is 25.7 Å². The Morgan fingerprint density at radius 1 is 1.31 bits per heavy atom. The molecule has 0 aliphatic heterocycles. The van der Waals surface area contributed by atoms with E-state index < -0.39 is 0 Å². The number of rotatable bonds is 6. The molecule has 1 fully saturated rings. The van der Waals surface area contributed by atoms with Crippen LogP contribution >= 0.6 is 0 Å². The number of benzene rings is 1. The van der Waals surface area contributed by atoms with Crippen LogP contribution in [-0.2, 0) is 6.54 Å². The first-order chi connectivity index (χ1) is 7.75. The van der Waals surface area contributed by atoms with Gasteiger partial charge in [-0.25, -0.2) is 4.39 Å². The molecule has 0 saturated heterocycles. The Labute approximate surface area is 96.2 Å². The van der Waals surface area contributed by atoms with Gasteiger partial charge in [-0.05, 0) is 43.0 Å². The van der Waals surface area contributed by atoms with Gasteiger partial charge in [-0.15, -0.1) is 0 Å². The highest BCUT2D eigenvalue weighted by atomic mass is 19.1. The van der Waals surface area contributed by atoms with Crippen molar-refractivity contribution in [3.8, 4) is 0 Å². The van der Waals surface area contributed by atoms with Crippen molar-refractivity contribution in [2.75, 3.05) is 13.1 Å². The monoisotopic (exact) mass is 222 g/mol. The lowest BCUT2D eigenvalue weighted by atomic mass is 10.1. The highest BCUT2D eigenvalue weighted by molar-refractivity contribution is 5.26. The zero-order valence-electron chi connectivity index (χ0n) is 9.72. The van der Waals surface area contributed by atoms with Crippen LogP contribution in [0, 0.1) is 12.7 Å². The zero-order valence-corrected chi connectivity index (χ0v) is 9.72. The maximum atomic E-state index is 12.9. The van der Waals surface area contributed by atoms with Crippen LogP contribution in [-0.4, -0.2) is 19.1 Å². The largest absolute Gasteiger partial charge is 0.313 e. The van der Waals surface area contributed by atoms with E-state index in [-0.39, 0.29) is 5.82 Å². The van der Waals surface area contributed by atoms with Crippen LogP contribution in [0.1, 0.15) is 24.0 Å². The number of hydrogen-bond donors (Lipinski definition) is 2. The highest BCUT2D eigenvalue weighted by Crippen LogP contribution is 2.17. The molecule has 88 valence electrons. The molecule has 0 atom stereocenters. The summed E-state index contributed by atoms with van der Waals surface area (Å²) in [6.07, 6.45) is 2.66. The molecule has 1 aromatic rings. The Morgan fingerprint density at radius 2 is 2.12 bits per heavy atom. The molecule has 0 radical (unpaired) electrons. The average Bonchev–Trinajstić information content (AvgIpc) is 3.04. The van der Waals surface area contributed by atoms with E-state index in [0.29, 0.717) is 0 Å². The lowest BCUT2D eigenvalue weighted by Gasteiger charge is -2.08. The van der Waals surface area contributed by atoms with Crippen LogP contribution < -0.4 is 10.6 Å². The first-order valence-corrected chi connectivity index (χ1v) is 5.95. The lowest BCUT2D eigenvalue weighted by molar-refractivity contribution is 0.603. The normalized spacial score (nSPS) is 15.4. The SMILES string of the molecule is Cc1cc(F)ccc1CNCCNC1CC1. The quantitative estimate of drug-likeness (QED) is 0.719. The summed E-state index contributed by atoms with van der Waals surface area (Å²) >= 11 is 0. The van der Waals surface area contributed by atoms with E-state index in [2.05, 4.69) is 10.6 Å². The van der Waals surface area contributed by atoms with Crippen LogP contribution in [0.15, 0.2) is 18.2 Å². The summed E-state index contributed by atoms with van der Waals surface area (Å²) in [5.74, 6) is -0.156. The molecule has 1 aliphatic carbocycles. The first kappa shape index (κ1) is 11.6. The van der Waals surface area contributed by atoms with Gasteiger partial charge in [-0.2, -0.15) is 0 Å². The van der Waals surface area contributed by atoms with Crippen molar-refractivity contribution >= 4 is 0 Å². The van der Waals surface area contributed by atoms with Crippen LogP contribution in [0.4, 0.5) is 4.39 Å². The van der Waals surface area contributed by atoms with Crippen molar-refractivity contribution in [2.45, 2.75) is 32.4 Å². The van der Waals surface area contributed by atoms with Crippen molar-refractivity contribution in [3.05, 3.63) is 35.1 Å². The number of hydrogen-bond acceptors (Lipinski definition) is 2. The predicted octanol–water partition coefficient (Wildman–Crippen LogP) is 1.98. The zero-order chi connectivity index (χ0) is 11.4. The van der Waals surface area contributed by atoms with E-state index >= 15 is 0 Å². The van der Waals surface area contributed by atoms with Crippen molar-refractivity contribution in [2.24, 2.45) is 0 Å². The molecule has 0 spiro atoms. The molecule has 1 aliphatic rings. The van der Waals surface area contributed by atoms with Gasteiger partial charge < -0.3 is 10.6 Å². The second-order valence-corrected chi connectivity index (χ2v) is 4.48. The van der Waals surface area contributed by atoms with E-state index in [1.807, 2.05) is 13.0 Å². The molecule has 0 amide bonds. The molecule has 2 rings (SSSR count). The van der Waals surface area contributed by atoms with Gasteiger partial charge >= 0.3 is 0 Å². The Hall–Kier alpha value is -0.930. The van der Waals surface area contributed by atoms with Gasteiger partial charge in [-0.3, -0.25) is 0 Å². The summed E-state index contributed by atoms with van der Waals surface area (Å²) < 4.78 is 12.9. The fourth-order valence-corrected chi connectivity index (χ4v) is 1.73. The van der Waals surface area contributed by atoms with Crippen molar-refractivity contribution < 1.29 is 4.39 Å². The van der Waals surface area contributed by atoms with E-state index in [9.17, 15) is 4.39 Å². The van der Waals surface area contributed by atoms with Crippen molar-refractivity contribution in [1.29, 1.82) is 0 Å². The molecule has 2 nitrogen and oxygen atoms in total. The van der Waals surface area contributed by atoms with Crippen LogP contribution in [0.3, 0.4) is 0 Å².